The molecule has 1 N–H and O–H groups in total. The number of carbonyl (C=O) groups is 2. The molecule has 0 saturated carbocycles. The molecule has 0 saturated heterocycles. The highest BCUT2D eigenvalue weighted by Gasteiger charge is 2.11. The lowest BCUT2D eigenvalue weighted by Crippen LogP contribution is -2.21. The molecule has 4 nitrogen and oxygen atoms in total. The van der Waals surface area contributed by atoms with E-state index >= 15 is 0 Å². The number of ether oxygens (including phenoxy) is 1. The highest BCUT2D eigenvalue weighted by atomic mass is 127. The number of benzene rings is 2. The van der Waals surface area contributed by atoms with Crippen LogP contribution in [-0.4, -0.2) is 18.5 Å². The molecule has 0 aliphatic carbocycles. The van der Waals surface area contributed by atoms with Gasteiger partial charge >= 0.3 is 5.97 Å². The van der Waals surface area contributed by atoms with Crippen molar-refractivity contribution in [3.8, 4) is 0 Å². The van der Waals surface area contributed by atoms with E-state index < -0.39 is 5.97 Å². The lowest BCUT2D eigenvalue weighted by Gasteiger charge is -2.10. The predicted molar refractivity (Wildman–Crippen MR) is 94.0 cm³/mol. The van der Waals surface area contributed by atoms with Gasteiger partial charge in [-0.25, -0.2) is 4.79 Å². The van der Waals surface area contributed by atoms with Crippen LogP contribution in [0.15, 0.2) is 42.5 Å². The monoisotopic (exact) mass is 409 g/mol. The van der Waals surface area contributed by atoms with Gasteiger partial charge in [-0.2, -0.15) is 0 Å². The molecule has 0 unspecified atom stereocenters. The number of anilines is 1. The van der Waals surface area contributed by atoms with Crippen LogP contribution in [-0.2, 0) is 9.53 Å². The smallest absolute Gasteiger partial charge is 0.338 e. The number of nitrogens with one attached hydrogen (secondary N) is 1. The van der Waals surface area contributed by atoms with Gasteiger partial charge in [0.25, 0.3) is 5.91 Å². The summed E-state index contributed by atoms with van der Waals surface area (Å²) in [7, 11) is 0. The van der Waals surface area contributed by atoms with E-state index in [1.165, 1.54) is 0 Å². The molecule has 0 bridgehead atoms. The van der Waals surface area contributed by atoms with Gasteiger partial charge in [0.2, 0.25) is 0 Å². The van der Waals surface area contributed by atoms with Crippen LogP contribution >= 0.6 is 22.6 Å². The van der Waals surface area contributed by atoms with E-state index in [0.717, 1.165) is 20.4 Å². The molecule has 1 amide bonds. The first-order valence-electron chi connectivity index (χ1n) is 6.76. The van der Waals surface area contributed by atoms with E-state index in [-0.39, 0.29) is 12.5 Å². The molecule has 114 valence electrons. The molecule has 0 aromatic heterocycles. The molecule has 2 aromatic rings. The van der Waals surface area contributed by atoms with E-state index in [1.807, 2.05) is 44.2 Å². The van der Waals surface area contributed by atoms with E-state index in [9.17, 15) is 9.59 Å². The quantitative estimate of drug-likeness (QED) is 0.619. The minimum atomic E-state index is -0.507. The topological polar surface area (TPSA) is 55.4 Å². The van der Waals surface area contributed by atoms with Gasteiger partial charge in [0.05, 0.1) is 5.56 Å². The van der Waals surface area contributed by atoms with Crippen LogP contribution in [0.2, 0.25) is 0 Å². The van der Waals surface area contributed by atoms with Crippen molar-refractivity contribution >= 4 is 40.2 Å². The summed E-state index contributed by atoms with van der Waals surface area (Å²) in [6.07, 6.45) is 0. The van der Waals surface area contributed by atoms with Gasteiger partial charge in [-0.3, -0.25) is 4.79 Å². The summed E-state index contributed by atoms with van der Waals surface area (Å²) in [5.41, 5.74) is 3.25. The third-order valence-electron chi connectivity index (χ3n) is 3.29. The summed E-state index contributed by atoms with van der Waals surface area (Å²) in [6.45, 7) is 3.60. The molecular formula is C17H16INO3. The first-order chi connectivity index (χ1) is 10.5. The minimum absolute atomic E-state index is 0.307. The zero-order valence-corrected chi connectivity index (χ0v) is 14.5. The molecule has 0 aliphatic heterocycles. The summed E-state index contributed by atoms with van der Waals surface area (Å²) >= 11 is 2.15. The third kappa shape index (κ3) is 4.30. The SMILES string of the molecule is Cc1cccc(NC(=O)COC(=O)c2ccc(I)cc2)c1C. The highest BCUT2D eigenvalue weighted by Crippen LogP contribution is 2.17. The minimum Gasteiger partial charge on any atom is -0.452 e. The van der Waals surface area contributed by atoms with Crippen LogP contribution in [0.25, 0.3) is 0 Å². The second kappa shape index (κ2) is 7.40. The fourth-order valence-corrected chi connectivity index (χ4v) is 2.23. The van der Waals surface area contributed by atoms with Crippen LogP contribution < -0.4 is 5.32 Å². The normalized spacial score (nSPS) is 10.1. The number of amides is 1. The molecule has 5 heteroatoms. The molecule has 2 rings (SSSR count). The van der Waals surface area contributed by atoms with Crippen molar-refractivity contribution in [2.45, 2.75) is 13.8 Å². The highest BCUT2D eigenvalue weighted by molar-refractivity contribution is 14.1. The molecule has 0 aliphatic rings. The van der Waals surface area contributed by atoms with E-state index in [2.05, 4.69) is 27.9 Å². The molecule has 22 heavy (non-hydrogen) atoms. The van der Waals surface area contributed by atoms with E-state index in [4.69, 9.17) is 4.74 Å². The molecule has 0 fully saturated rings. The number of hydrogen-bond acceptors (Lipinski definition) is 3. The predicted octanol–water partition coefficient (Wildman–Crippen LogP) is 3.70. The maximum atomic E-state index is 11.9. The van der Waals surface area contributed by atoms with Crippen molar-refractivity contribution in [2.24, 2.45) is 0 Å². The van der Waals surface area contributed by atoms with E-state index in [1.54, 1.807) is 12.1 Å². The summed E-state index contributed by atoms with van der Waals surface area (Å²) in [5, 5.41) is 2.75. The molecule has 0 spiro atoms. The van der Waals surface area contributed by atoms with Crippen molar-refractivity contribution in [3.63, 3.8) is 0 Å². The Kier molecular flexibility index (Phi) is 5.54. The molecule has 0 heterocycles. The van der Waals surface area contributed by atoms with Crippen molar-refractivity contribution in [3.05, 3.63) is 62.7 Å². The maximum Gasteiger partial charge on any atom is 0.338 e. The summed E-state index contributed by atoms with van der Waals surface area (Å²) in [4.78, 5) is 23.7. The molecular weight excluding hydrogens is 393 g/mol. The fraction of sp³-hybridized carbons (Fsp3) is 0.176. The Hall–Kier alpha value is -1.89. The average molecular weight is 409 g/mol. The lowest BCUT2D eigenvalue weighted by atomic mass is 10.1. The lowest BCUT2D eigenvalue weighted by molar-refractivity contribution is -0.119. The standard InChI is InChI=1S/C17H16INO3/c1-11-4-3-5-15(12(11)2)19-16(20)10-22-17(21)13-6-8-14(18)9-7-13/h3-9H,10H2,1-2H3,(H,19,20). The largest absolute Gasteiger partial charge is 0.452 e. The van der Waals surface area contributed by atoms with Crippen molar-refractivity contribution in [2.75, 3.05) is 11.9 Å². The molecule has 2 aromatic carbocycles. The van der Waals surface area contributed by atoms with Crippen molar-refractivity contribution < 1.29 is 14.3 Å². The summed E-state index contributed by atoms with van der Waals surface area (Å²) in [5.74, 6) is -0.861. The van der Waals surface area contributed by atoms with Crippen molar-refractivity contribution in [1.29, 1.82) is 0 Å². The Morgan fingerprint density at radius 1 is 1.09 bits per heavy atom. The summed E-state index contributed by atoms with van der Waals surface area (Å²) in [6, 6.07) is 12.6. The zero-order valence-electron chi connectivity index (χ0n) is 12.4. The molecule has 0 atom stereocenters. The second-order valence-electron chi connectivity index (χ2n) is 4.88. The Morgan fingerprint density at radius 3 is 2.45 bits per heavy atom. The third-order valence-corrected chi connectivity index (χ3v) is 4.01. The Morgan fingerprint density at radius 2 is 1.77 bits per heavy atom. The van der Waals surface area contributed by atoms with Crippen LogP contribution in [0.3, 0.4) is 0 Å². The van der Waals surface area contributed by atoms with Gasteiger partial charge in [-0.15, -0.1) is 0 Å². The van der Waals surface area contributed by atoms with Gasteiger partial charge in [0.1, 0.15) is 0 Å². The summed E-state index contributed by atoms with van der Waals surface area (Å²) < 4.78 is 6.05. The van der Waals surface area contributed by atoms with Gasteiger partial charge < -0.3 is 10.1 Å². The van der Waals surface area contributed by atoms with Crippen LogP contribution in [0.5, 0.6) is 0 Å². The number of hydrogen-bond donors (Lipinski definition) is 1. The average Bonchev–Trinajstić information content (AvgIpc) is 2.50. The molecule has 0 radical (unpaired) electrons. The fourth-order valence-electron chi connectivity index (χ4n) is 1.87. The van der Waals surface area contributed by atoms with Crippen LogP contribution in [0.1, 0.15) is 21.5 Å². The van der Waals surface area contributed by atoms with E-state index in [0.29, 0.717) is 5.56 Å². The number of halogens is 1. The number of rotatable bonds is 4. The van der Waals surface area contributed by atoms with Crippen LogP contribution in [0, 0.1) is 17.4 Å². The van der Waals surface area contributed by atoms with Gasteiger partial charge in [-0.05, 0) is 77.9 Å². The Balaban J connectivity index is 1.91. The number of aryl methyl sites for hydroxylation is 1. The maximum absolute atomic E-state index is 11.9. The number of esters is 1. The van der Waals surface area contributed by atoms with Crippen molar-refractivity contribution in [1.82, 2.24) is 0 Å². The first-order valence-corrected chi connectivity index (χ1v) is 7.84. The first kappa shape index (κ1) is 16.5. The second-order valence-corrected chi connectivity index (χ2v) is 6.12. The zero-order chi connectivity index (χ0) is 16.1. The van der Waals surface area contributed by atoms with Gasteiger partial charge in [-0.1, -0.05) is 12.1 Å². The van der Waals surface area contributed by atoms with Crippen LogP contribution in [0.4, 0.5) is 5.69 Å². The number of carbonyl (C=O) groups excluding carboxylic acids is 2. The van der Waals surface area contributed by atoms with Gasteiger partial charge in [0.15, 0.2) is 6.61 Å². The Labute approximate surface area is 143 Å². The van der Waals surface area contributed by atoms with Gasteiger partial charge in [0, 0.05) is 9.26 Å². The Bertz CT molecular complexity index is 696.